The summed E-state index contributed by atoms with van der Waals surface area (Å²) in [5, 5.41) is 14.4. The van der Waals surface area contributed by atoms with Crippen molar-refractivity contribution in [3.8, 4) is 11.3 Å². The molecule has 0 saturated carbocycles. The van der Waals surface area contributed by atoms with E-state index in [-0.39, 0.29) is 22.9 Å². The highest BCUT2D eigenvalue weighted by atomic mass is 32.2. The molecular formula is C20H17N3O7S. The molecule has 3 aromatic rings. The zero-order chi connectivity index (χ0) is 22.4. The first-order valence-electron chi connectivity index (χ1n) is 8.97. The van der Waals surface area contributed by atoms with Crippen LogP contribution >= 0.6 is 0 Å². The van der Waals surface area contributed by atoms with Gasteiger partial charge in [0.25, 0.3) is 15.7 Å². The number of carbonyl (C=O) groups is 1. The van der Waals surface area contributed by atoms with Crippen LogP contribution in [-0.2, 0) is 14.8 Å². The van der Waals surface area contributed by atoms with Crippen LogP contribution in [0.3, 0.4) is 0 Å². The molecule has 1 N–H and O–H groups in total. The highest BCUT2D eigenvalue weighted by molar-refractivity contribution is 7.89. The number of benzene rings is 2. The fraction of sp³-hybridized carbons (Fsp3) is 0.100. The molecular weight excluding hydrogens is 426 g/mol. The Morgan fingerprint density at radius 2 is 1.94 bits per heavy atom. The molecule has 0 radical (unpaired) electrons. The minimum Gasteiger partial charge on any atom is -0.462 e. The van der Waals surface area contributed by atoms with E-state index < -0.39 is 20.9 Å². The van der Waals surface area contributed by atoms with Crippen molar-refractivity contribution in [2.45, 2.75) is 11.8 Å². The largest absolute Gasteiger partial charge is 0.462 e. The summed E-state index contributed by atoms with van der Waals surface area (Å²) in [7, 11) is -4.09. The number of carbonyl (C=O) groups excluding carboxylic acids is 1. The number of non-ortho nitro benzene ring substituents is 1. The molecule has 160 valence electrons. The number of sulfonamides is 1. The summed E-state index contributed by atoms with van der Waals surface area (Å²) >= 11 is 0. The number of furan rings is 1. The number of nitro groups is 1. The van der Waals surface area contributed by atoms with Gasteiger partial charge in [0.05, 0.1) is 28.2 Å². The zero-order valence-electron chi connectivity index (χ0n) is 16.2. The number of hydrazone groups is 1. The van der Waals surface area contributed by atoms with Crippen molar-refractivity contribution < 1.29 is 27.3 Å². The quantitative estimate of drug-likeness (QED) is 0.243. The van der Waals surface area contributed by atoms with Crippen molar-refractivity contribution in [1.29, 1.82) is 0 Å². The Balaban J connectivity index is 1.69. The van der Waals surface area contributed by atoms with E-state index in [1.165, 1.54) is 18.2 Å². The monoisotopic (exact) mass is 443 g/mol. The fourth-order valence-electron chi connectivity index (χ4n) is 2.54. The van der Waals surface area contributed by atoms with Crippen molar-refractivity contribution in [2.75, 3.05) is 6.61 Å². The molecule has 0 saturated heterocycles. The highest BCUT2D eigenvalue weighted by Gasteiger charge is 2.17. The molecule has 11 heteroatoms. The number of hydrogen-bond acceptors (Lipinski definition) is 8. The molecule has 1 heterocycles. The maximum Gasteiger partial charge on any atom is 0.338 e. The van der Waals surface area contributed by atoms with Gasteiger partial charge in [-0.25, -0.2) is 4.79 Å². The number of rotatable bonds is 8. The Morgan fingerprint density at radius 1 is 1.19 bits per heavy atom. The van der Waals surface area contributed by atoms with Crippen LogP contribution < -0.4 is 4.83 Å². The Kier molecular flexibility index (Phi) is 6.46. The van der Waals surface area contributed by atoms with Crippen LogP contribution in [0, 0.1) is 10.1 Å². The van der Waals surface area contributed by atoms with Gasteiger partial charge in [-0.1, -0.05) is 18.2 Å². The first-order valence-corrected chi connectivity index (χ1v) is 10.4. The van der Waals surface area contributed by atoms with E-state index in [1.807, 2.05) is 4.83 Å². The van der Waals surface area contributed by atoms with Gasteiger partial charge in [0.2, 0.25) is 0 Å². The van der Waals surface area contributed by atoms with Crippen molar-refractivity contribution in [1.82, 2.24) is 4.83 Å². The van der Waals surface area contributed by atoms with Crippen LogP contribution in [0.2, 0.25) is 0 Å². The molecule has 3 rings (SSSR count). The van der Waals surface area contributed by atoms with Gasteiger partial charge in [-0.15, -0.1) is 0 Å². The number of hydrogen-bond donors (Lipinski definition) is 1. The second kappa shape index (κ2) is 9.22. The van der Waals surface area contributed by atoms with E-state index in [4.69, 9.17) is 9.15 Å². The molecule has 10 nitrogen and oxygen atoms in total. The van der Waals surface area contributed by atoms with Crippen molar-refractivity contribution in [3.63, 3.8) is 0 Å². The third-order valence-electron chi connectivity index (χ3n) is 4.01. The third kappa shape index (κ3) is 5.34. The molecule has 0 atom stereocenters. The van der Waals surface area contributed by atoms with E-state index in [2.05, 4.69) is 5.10 Å². The smallest absolute Gasteiger partial charge is 0.338 e. The number of nitrogens with zero attached hydrogens (tertiary/aromatic N) is 2. The van der Waals surface area contributed by atoms with Crippen molar-refractivity contribution in [2.24, 2.45) is 5.10 Å². The molecule has 1 aromatic heterocycles. The number of ether oxygens (including phenoxy) is 1. The molecule has 0 unspecified atom stereocenters. The summed E-state index contributed by atoms with van der Waals surface area (Å²) < 4.78 is 35.0. The SMILES string of the molecule is CCOC(=O)c1ccc(-c2ccc(/C=N/NS(=O)(=O)c3cccc([N+](=O)[O-])c3)o2)cc1. The second-order valence-electron chi connectivity index (χ2n) is 6.11. The Hall–Kier alpha value is -3.99. The maximum atomic E-state index is 12.2. The topological polar surface area (TPSA) is 141 Å². The summed E-state index contributed by atoms with van der Waals surface area (Å²) in [4.78, 5) is 23.5. The number of nitrogens with one attached hydrogen (secondary N) is 1. The normalized spacial score (nSPS) is 11.4. The van der Waals surface area contributed by atoms with Crippen molar-refractivity contribution in [3.05, 3.63) is 82.1 Å². The molecule has 0 aliphatic carbocycles. The summed E-state index contributed by atoms with van der Waals surface area (Å²) in [5.41, 5.74) is 0.760. The maximum absolute atomic E-state index is 12.2. The molecule has 0 fully saturated rings. The molecule has 2 aromatic carbocycles. The van der Waals surface area contributed by atoms with E-state index >= 15 is 0 Å². The number of esters is 1. The predicted molar refractivity (Wildman–Crippen MR) is 111 cm³/mol. The summed E-state index contributed by atoms with van der Waals surface area (Å²) in [6.07, 6.45) is 1.16. The lowest BCUT2D eigenvalue weighted by Gasteiger charge is -2.03. The summed E-state index contributed by atoms with van der Waals surface area (Å²) in [6, 6.07) is 14.4. The lowest BCUT2D eigenvalue weighted by atomic mass is 10.1. The number of nitro benzene ring substituents is 1. The lowest BCUT2D eigenvalue weighted by Crippen LogP contribution is -2.18. The van der Waals surface area contributed by atoms with E-state index in [1.54, 1.807) is 43.3 Å². The Labute approximate surface area is 177 Å². The van der Waals surface area contributed by atoms with Crippen LogP contribution in [0.4, 0.5) is 5.69 Å². The van der Waals surface area contributed by atoms with Crippen LogP contribution in [0.15, 0.2) is 75.1 Å². The van der Waals surface area contributed by atoms with E-state index in [0.29, 0.717) is 16.9 Å². The van der Waals surface area contributed by atoms with Gasteiger partial charge in [0.15, 0.2) is 0 Å². The van der Waals surface area contributed by atoms with Gasteiger partial charge in [-0.3, -0.25) is 10.1 Å². The Bertz CT molecular complexity index is 1230. The van der Waals surface area contributed by atoms with Gasteiger partial charge in [-0.2, -0.15) is 18.4 Å². The first-order chi connectivity index (χ1) is 14.8. The minimum absolute atomic E-state index is 0.270. The predicted octanol–water partition coefficient (Wildman–Crippen LogP) is 3.34. The molecule has 0 aliphatic rings. The second-order valence-corrected chi connectivity index (χ2v) is 7.77. The fourth-order valence-corrected chi connectivity index (χ4v) is 3.37. The molecule has 0 spiro atoms. The molecule has 0 bridgehead atoms. The summed E-state index contributed by atoms with van der Waals surface area (Å²) in [5.74, 6) is 0.335. The van der Waals surface area contributed by atoms with Gasteiger partial charge in [-0.05, 0) is 37.3 Å². The molecule has 0 aliphatic heterocycles. The van der Waals surface area contributed by atoms with Crippen molar-refractivity contribution >= 4 is 27.9 Å². The standard InChI is InChI=1S/C20H17N3O7S/c1-2-29-20(24)15-8-6-14(7-9-15)19-11-10-17(30-19)13-21-22-31(27,28)18-5-3-4-16(12-18)23(25)26/h3-13,22H,2H2,1H3/b21-13+. The van der Waals surface area contributed by atoms with Gasteiger partial charge >= 0.3 is 5.97 Å². The highest BCUT2D eigenvalue weighted by Crippen LogP contribution is 2.22. The van der Waals surface area contributed by atoms with Crippen LogP contribution in [0.25, 0.3) is 11.3 Å². The van der Waals surface area contributed by atoms with Crippen LogP contribution in [0.1, 0.15) is 23.0 Å². The van der Waals surface area contributed by atoms with E-state index in [9.17, 15) is 23.3 Å². The van der Waals surface area contributed by atoms with E-state index in [0.717, 1.165) is 12.3 Å². The first kappa shape index (κ1) is 21.7. The lowest BCUT2D eigenvalue weighted by molar-refractivity contribution is -0.385. The molecule has 31 heavy (non-hydrogen) atoms. The average Bonchev–Trinajstić information content (AvgIpc) is 3.23. The van der Waals surface area contributed by atoms with Gasteiger partial charge in [0, 0.05) is 17.7 Å². The molecule has 0 amide bonds. The zero-order valence-corrected chi connectivity index (χ0v) is 17.0. The van der Waals surface area contributed by atoms with Crippen LogP contribution in [0.5, 0.6) is 0 Å². The summed E-state index contributed by atoms with van der Waals surface area (Å²) in [6.45, 7) is 2.01. The van der Waals surface area contributed by atoms with Gasteiger partial charge < -0.3 is 9.15 Å². The average molecular weight is 443 g/mol. The minimum atomic E-state index is -4.09. The Morgan fingerprint density at radius 3 is 2.61 bits per heavy atom. The van der Waals surface area contributed by atoms with Crippen LogP contribution in [-0.4, -0.2) is 32.1 Å². The van der Waals surface area contributed by atoms with Gasteiger partial charge in [0.1, 0.15) is 11.5 Å². The third-order valence-corrected chi connectivity index (χ3v) is 5.23.